The van der Waals surface area contributed by atoms with Crippen LogP contribution in [0.1, 0.15) is 16.7 Å². The first-order chi connectivity index (χ1) is 11.2. The highest BCUT2D eigenvalue weighted by Gasteiger charge is 2.10. The number of ether oxygens (including phenoxy) is 1. The molecular formula is C19H20ClN3O. The molecule has 4 nitrogen and oxygen atoms in total. The van der Waals surface area contributed by atoms with Gasteiger partial charge in [-0.1, -0.05) is 12.1 Å². The van der Waals surface area contributed by atoms with Crippen LogP contribution in [0.15, 0.2) is 48.7 Å². The van der Waals surface area contributed by atoms with Crippen LogP contribution in [-0.2, 0) is 13.0 Å². The van der Waals surface area contributed by atoms with Crippen molar-refractivity contribution >= 4 is 23.3 Å². The van der Waals surface area contributed by atoms with Gasteiger partial charge in [-0.05, 0) is 54.4 Å². The summed E-state index contributed by atoms with van der Waals surface area (Å²) in [7, 11) is 1.68. The topological polar surface area (TPSA) is 64.0 Å². The zero-order valence-corrected chi connectivity index (χ0v) is 14.3. The Hall–Kier alpha value is -2.48. The van der Waals surface area contributed by atoms with E-state index in [1.165, 1.54) is 16.5 Å². The summed E-state index contributed by atoms with van der Waals surface area (Å²) in [4.78, 5) is 0. The van der Waals surface area contributed by atoms with E-state index < -0.39 is 0 Å². The van der Waals surface area contributed by atoms with Crippen LogP contribution in [0.3, 0.4) is 0 Å². The molecule has 0 aliphatic rings. The molecular weight excluding hydrogens is 322 g/mol. The summed E-state index contributed by atoms with van der Waals surface area (Å²) < 4.78 is 7.56. The summed E-state index contributed by atoms with van der Waals surface area (Å²) in [5.74, 6) is 0.854. The smallest absolute Gasteiger partial charge is 0.119 e. The molecule has 124 valence electrons. The standard InChI is InChI=1S/C19H19N3O.ClH/c1-23-17-6-7-19-18(10-17)16(8-9-20)13-22(19)12-15-4-2-14(11-21)3-5-15;/h2-7,10,13H,8-9,12,20H2,1H3;1H. The molecule has 0 saturated carbocycles. The maximum absolute atomic E-state index is 8.89. The predicted octanol–water partition coefficient (Wildman–Crippen LogP) is 3.49. The number of rotatable bonds is 5. The van der Waals surface area contributed by atoms with Gasteiger partial charge in [0, 0.05) is 23.6 Å². The lowest BCUT2D eigenvalue weighted by atomic mass is 10.1. The molecule has 0 saturated heterocycles. The Morgan fingerprint density at radius 3 is 2.54 bits per heavy atom. The first kappa shape index (κ1) is 17.9. The fourth-order valence-electron chi connectivity index (χ4n) is 2.84. The molecule has 0 aliphatic carbocycles. The molecule has 2 aromatic carbocycles. The number of nitrogens with two attached hydrogens (primary N) is 1. The number of hydrogen-bond donors (Lipinski definition) is 1. The van der Waals surface area contributed by atoms with Crippen molar-refractivity contribution in [3.8, 4) is 11.8 Å². The van der Waals surface area contributed by atoms with Crippen molar-refractivity contribution in [2.75, 3.05) is 13.7 Å². The highest BCUT2D eigenvalue weighted by Crippen LogP contribution is 2.27. The van der Waals surface area contributed by atoms with E-state index in [0.29, 0.717) is 12.1 Å². The minimum absolute atomic E-state index is 0. The van der Waals surface area contributed by atoms with E-state index in [1.807, 2.05) is 30.3 Å². The van der Waals surface area contributed by atoms with Crippen LogP contribution in [0, 0.1) is 11.3 Å². The number of benzene rings is 2. The molecule has 0 spiro atoms. The van der Waals surface area contributed by atoms with Crippen LogP contribution in [0.4, 0.5) is 0 Å². The van der Waals surface area contributed by atoms with Crippen LogP contribution in [0.25, 0.3) is 10.9 Å². The van der Waals surface area contributed by atoms with Crippen molar-refractivity contribution < 1.29 is 4.74 Å². The van der Waals surface area contributed by atoms with Crippen molar-refractivity contribution in [1.29, 1.82) is 5.26 Å². The van der Waals surface area contributed by atoms with E-state index in [9.17, 15) is 0 Å². The van der Waals surface area contributed by atoms with Gasteiger partial charge < -0.3 is 15.0 Å². The zero-order chi connectivity index (χ0) is 16.2. The van der Waals surface area contributed by atoms with E-state index in [1.54, 1.807) is 7.11 Å². The van der Waals surface area contributed by atoms with Crippen molar-refractivity contribution in [1.82, 2.24) is 4.57 Å². The fourth-order valence-corrected chi connectivity index (χ4v) is 2.84. The lowest BCUT2D eigenvalue weighted by Crippen LogP contribution is -2.02. The maximum atomic E-state index is 8.89. The third-order valence-corrected chi connectivity index (χ3v) is 4.02. The average Bonchev–Trinajstić information content (AvgIpc) is 2.93. The second kappa shape index (κ2) is 7.87. The molecule has 2 N–H and O–H groups in total. The van der Waals surface area contributed by atoms with Crippen LogP contribution in [-0.4, -0.2) is 18.2 Å². The second-order valence-corrected chi connectivity index (χ2v) is 5.51. The van der Waals surface area contributed by atoms with Gasteiger partial charge in [-0.3, -0.25) is 0 Å². The van der Waals surface area contributed by atoms with Crippen molar-refractivity contribution in [2.45, 2.75) is 13.0 Å². The third kappa shape index (κ3) is 3.53. The molecule has 0 aliphatic heterocycles. The number of methoxy groups -OCH3 is 1. The van der Waals surface area contributed by atoms with Gasteiger partial charge in [0.05, 0.1) is 18.7 Å². The number of nitrogens with zero attached hydrogens (tertiary/aromatic N) is 2. The third-order valence-electron chi connectivity index (χ3n) is 4.02. The Bertz CT molecular complexity index is 863. The Kier molecular flexibility index (Phi) is 5.86. The summed E-state index contributed by atoms with van der Waals surface area (Å²) in [6.07, 6.45) is 3.00. The molecule has 1 heterocycles. The molecule has 0 amide bonds. The lowest BCUT2D eigenvalue weighted by Gasteiger charge is -2.06. The minimum atomic E-state index is 0. The first-order valence-corrected chi connectivity index (χ1v) is 7.60. The normalized spacial score (nSPS) is 10.2. The van der Waals surface area contributed by atoms with Gasteiger partial charge in [0.25, 0.3) is 0 Å². The molecule has 3 aromatic rings. The molecule has 24 heavy (non-hydrogen) atoms. The molecule has 5 heteroatoms. The highest BCUT2D eigenvalue weighted by molar-refractivity contribution is 5.86. The number of nitriles is 1. The van der Waals surface area contributed by atoms with Crippen LogP contribution < -0.4 is 10.5 Å². The average molecular weight is 342 g/mol. The zero-order valence-electron chi connectivity index (χ0n) is 13.5. The van der Waals surface area contributed by atoms with E-state index in [2.05, 4.69) is 29.0 Å². The largest absolute Gasteiger partial charge is 0.497 e. The number of aromatic nitrogens is 1. The van der Waals surface area contributed by atoms with Gasteiger partial charge in [-0.25, -0.2) is 0 Å². The summed E-state index contributed by atoms with van der Waals surface area (Å²) >= 11 is 0. The minimum Gasteiger partial charge on any atom is -0.497 e. The number of halogens is 1. The molecule has 0 atom stereocenters. The first-order valence-electron chi connectivity index (χ1n) is 7.60. The molecule has 0 unspecified atom stereocenters. The molecule has 0 bridgehead atoms. The van der Waals surface area contributed by atoms with Gasteiger partial charge in [0.1, 0.15) is 5.75 Å². The Morgan fingerprint density at radius 2 is 1.92 bits per heavy atom. The fraction of sp³-hybridized carbons (Fsp3) is 0.211. The SMILES string of the molecule is COc1ccc2c(c1)c(CCN)cn2Cc1ccc(C#N)cc1.Cl. The monoisotopic (exact) mass is 341 g/mol. The second-order valence-electron chi connectivity index (χ2n) is 5.51. The van der Waals surface area contributed by atoms with Gasteiger partial charge >= 0.3 is 0 Å². The lowest BCUT2D eigenvalue weighted by molar-refractivity contribution is 0.415. The molecule has 1 aromatic heterocycles. The van der Waals surface area contributed by atoms with Gasteiger partial charge in [0.2, 0.25) is 0 Å². The summed E-state index contributed by atoms with van der Waals surface area (Å²) in [5.41, 5.74) is 9.98. The van der Waals surface area contributed by atoms with Gasteiger partial charge in [-0.2, -0.15) is 5.26 Å². The Balaban J connectivity index is 0.00000208. The number of hydrogen-bond acceptors (Lipinski definition) is 3. The van der Waals surface area contributed by atoms with E-state index in [-0.39, 0.29) is 12.4 Å². The van der Waals surface area contributed by atoms with Gasteiger partial charge in [0.15, 0.2) is 0 Å². The van der Waals surface area contributed by atoms with Crippen LogP contribution >= 0.6 is 12.4 Å². The molecule has 3 rings (SSSR count). The van der Waals surface area contributed by atoms with E-state index in [4.69, 9.17) is 15.7 Å². The van der Waals surface area contributed by atoms with Crippen molar-refractivity contribution in [3.63, 3.8) is 0 Å². The molecule has 0 radical (unpaired) electrons. The molecule has 0 fully saturated rings. The van der Waals surface area contributed by atoms with Crippen molar-refractivity contribution in [2.24, 2.45) is 5.73 Å². The maximum Gasteiger partial charge on any atom is 0.119 e. The number of fused-ring (bicyclic) bond motifs is 1. The summed E-state index contributed by atoms with van der Waals surface area (Å²) in [6.45, 7) is 1.38. The summed E-state index contributed by atoms with van der Waals surface area (Å²) in [6, 6.07) is 16.0. The van der Waals surface area contributed by atoms with Crippen LogP contribution in [0.2, 0.25) is 0 Å². The van der Waals surface area contributed by atoms with Crippen LogP contribution in [0.5, 0.6) is 5.75 Å². The Morgan fingerprint density at radius 1 is 1.17 bits per heavy atom. The predicted molar refractivity (Wildman–Crippen MR) is 98.8 cm³/mol. The van der Waals surface area contributed by atoms with Gasteiger partial charge in [-0.15, -0.1) is 12.4 Å². The van der Waals surface area contributed by atoms with E-state index in [0.717, 1.165) is 24.3 Å². The highest BCUT2D eigenvalue weighted by atomic mass is 35.5. The summed E-state index contributed by atoms with van der Waals surface area (Å²) in [5, 5.41) is 10.1. The van der Waals surface area contributed by atoms with E-state index >= 15 is 0 Å². The van der Waals surface area contributed by atoms with Crippen molar-refractivity contribution in [3.05, 3.63) is 65.4 Å². The quantitative estimate of drug-likeness (QED) is 0.772. The Labute approximate surface area is 147 Å².